The van der Waals surface area contributed by atoms with Crippen LogP contribution in [0.3, 0.4) is 0 Å². The third kappa shape index (κ3) is 2.22. The number of anilines is 1. The van der Waals surface area contributed by atoms with Crippen LogP contribution in [0.1, 0.15) is 49.8 Å². The molecule has 3 rings (SSSR count). The van der Waals surface area contributed by atoms with Crippen molar-refractivity contribution in [2.24, 2.45) is 0 Å². The number of nitrogens with zero attached hydrogens (tertiary/aromatic N) is 1. The van der Waals surface area contributed by atoms with Crippen molar-refractivity contribution in [3.8, 4) is 5.75 Å². The summed E-state index contributed by atoms with van der Waals surface area (Å²) in [7, 11) is 0. The number of hydrogen-bond donors (Lipinski definition) is 0. The van der Waals surface area contributed by atoms with E-state index in [1.165, 1.54) is 61.3 Å². The highest BCUT2D eigenvalue weighted by Crippen LogP contribution is 2.42. The van der Waals surface area contributed by atoms with Gasteiger partial charge >= 0.3 is 0 Å². The van der Waals surface area contributed by atoms with Crippen molar-refractivity contribution in [2.45, 2.75) is 52.4 Å². The molecule has 0 aromatic heterocycles. The zero-order valence-corrected chi connectivity index (χ0v) is 12.3. The number of aryl methyl sites for hydroxylation is 2. The van der Waals surface area contributed by atoms with Crippen LogP contribution in [0.4, 0.5) is 5.69 Å². The lowest BCUT2D eigenvalue weighted by Crippen LogP contribution is -2.35. The van der Waals surface area contributed by atoms with Crippen molar-refractivity contribution in [1.82, 2.24) is 0 Å². The first-order valence-electron chi connectivity index (χ1n) is 7.90. The van der Waals surface area contributed by atoms with Gasteiger partial charge in [-0.2, -0.15) is 0 Å². The molecule has 1 aromatic rings. The van der Waals surface area contributed by atoms with E-state index in [0.717, 1.165) is 19.4 Å². The van der Waals surface area contributed by atoms with Crippen molar-refractivity contribution < 1.29 is 4.74 Å². The van der Waals surface area contributed by atoms with Gasteiger partial charge in [-0.3, -0.25) is 0 Å². The minimum absolute atomic E-state index is 0.846. The highest BCUT2D eigenvalue weighted by Gasteiger charge is 2.27. The smallest absolute Gasteiger partial charge is 0.127 e. The average Bonchev–Trinajstić information content (AvgIpc) is 2.46. The zero-order chi connectivity index (χ0) is 13.2. The van der Waals surface area contributed by atoms with E-state index >= 15 is 0 Å². The molecule has 0 atom stereocenters. The lowest BCUT2D eigenvalue weighted by atomic mass is 9.88. The Morgan fingerprint density at radius 3 is 2.68 bits per heavy atom. The van der Waals surface area contributed by atoms with Crippen LogP contribution >= 0.6 is 0 Å². The van der Waals surface area contributed by atoms with Gasteiger partial charge in [0.15, 0.2) is 0 Å². The summed E-state index contributed by atoms with van der Waals surface area (Å²) in [5.74, 6) is 1.22. The highest BCUT2D eigenvalue weighted by atomic mass is 16.5. The van der Waals surface area contributed by atoms with E-state index < -0.39 is 0 Å². The number of hydrogen-bond acceptors (Lipinski definition) is 2. The molecule has 0 bridgehead atoms. The van der Waals surface area contributed by atoms with Crippen LogP contribution in [0, 0.1) is 0 Å². The van der Waals surface area contributed by atoms with Crippen molar-refractivity contribution in [3.05, 3.63) is 22.8 Å². The van der Waals surface area contributed by atoms with Crippen LogP contribution < -0.4 is 9.64 Å². The number of ether oxygens (including phenoxy) is 1. The lowest BCUT2D eigenvalue weighted by molar-refractivity contribution is 0.310. The molecule has 0 N–H and O–H groups in total. The van der Waals surface area contributed by atoms with Gasteiger partial charge in [-0.05, 0) is 49.7 Å². The molecule has 2 nitrogen and oxygen atoms in total. The molecule has 0 aliphatic carbocycles. The SMILES string of the molecule is CCCOc1c(CC)cc2c3c1CCCN3CCC2. The van der Waals surface area contributed by atoms with E-state index in [1.54, 1.807) is 5.56 Å². The first kappa shape index (κ1) is 12.8. The predicted molar refractivity (Wildman–Crippen MR) is 80.5 cm³/mol. The number of rotatable bonds is 4. The Hall–Kier alpha value is -1.18. The third-order valence-corrected chi connectivity index (χ3v) is 4.38. The molecule has 0 amide bonds. The molecule has 2 aliphatic rings. The average molecular weight is 259 g/mol. The summed E-state index contributed by atoms with van der Waals surface area (Å²) in [5, 5.41) is 0. The van der Waals surface area contributed by atoms with Gasteiger partial charge in [0.05, 0.1) is 6.61 Å². The fraction of sp³-hybridized carbons (Fsp3) is 0.647. The standard InChI is InChI=1S/C17H25NO/c1-3-11-19-17-13(4-2)12-14-7-5-9-18-10-6-8-15(17)16(14)18/h12H,3-11H2,1-2H3. The van der Waals surface area contributed by atoms with E-state index in [0.29, 0.717) is 0 Å². The summed E-state index contributed by atoms with van der Waals surface area (Å²) in [4.78, 5) is 2.59. The van der Waals surface area contributed by atoms with Crippen molar-refractivity contribution in [2.75, 3.05) is 24.6 Å². The quantitative estimate of drug-likeness (QED) is 0.817. The lowest BCUT2D eigenvalue weighted by Gasteiger charge is -2.38. The van der Waals surface area contributed by atoms with Crippen LogP contribution in [-0.4, -0.2) is 19.7 Å². The van der Waals surface area contributed by atoms with Gasteiger partial charge in [0, 0.05) is 24.3 Å². The minimum Gasteiger partial charge on any atom is -0.493 e. The normalized spacial score (nSPS) is 17.3. The van der Waals surface area contributed by atoms with Crippen molar-refractivity contribution in [3.63, 3.8) is 0 Å². The molecular formula is C17H25NO. The van der Waals surface area contributed by atoms with Crippen LogP contribution in [0.5, 0.6) is 5.75 Å². The van der Waals surface area contributed by atoms with Crippen LogP contribution in [0.2, 0.25) is 0 Å². The topological polar surface area (TPSA) is 12.5 Å². The Morgan fingerprint density at radius 2 is 1.95 bits per heavy atom. The second kappa shape index (κ2) is 5.44. The van der Waals surface area contributed by atoms with Crippen LogP contribution in [0.15, 0.2) is 6.07 Å². The third-order valence-electron chi connectivity index (χ3n) is 4.38. The Morgan fingerprint density at radius 1 is 1.16 bits per heavy atom. The summed E-state index contributed by atoms with van der Waals surface area (Å²) >= 11 is 0. The van der Waals surface area contributed by atoms with Gasteiger partial charge in [0.25, 0.3) is 0 Å². The molecule has 1 aromatic carbocycles. The van der Waals surface area contributed by atoms with E-state index in [4.69, 9.17) is 4.74 Å². The molecule has 2 aliphatic heterocycles. The largest absolute Gasteiger partial charge is 0.493 e. The zero-order valence-electron chi connectivity index (χ0n) is 12.3. The van der Waals surface area contributed by atoms with Gasteiger partial charge < -0.3 is 9.64 Å². The number of benzene rings is 1. The van der Waals surface area contributed by atoms with E-state index in [1.807, 2.05) is 0 Å². The van der Waals surface area contributed by atoms with Crippen molar-refractivity contribution >= 4 is 5.69 Å². The Kier molecular flexibility index (Phi) is 3.67. The van der Waals surface area contributed by atoms with Gasteiger partial charge in [0.1, 0.15) is 5.75 Å². The summed E-state index contributed by atoms with van der Waals surface area (Å²) in [6, 6.07) is 2.42. The van der Waals surface area contributed by atoms with Gasteiger partial charge in [-0.15, -0.1) is 0 Å². The molecule has 0 saturated heterocycles. The Labute approximate surface area is 116 Å². The monoisotopic (exact) mass is 259 g/mol. The molecule has 2 heterocycles. The van der Waals surface area contributed by atoms with E-state index in [-0.39, 0.29) is 0 Å². The molecule has 0 radical (unpaired) electrons. The van der Waals surface area contributed by atoms with Gasteiger partial charge in [-0.25, -0.2) is 0 Å². The Bertz CT molecular complexity index is 465. The first-order chi connectivity index (χ1) is 9.35. The second-order valence-electron chi connectivity index (χ2n) is 5.75. The molecular weight excluding hydrogens is 234 g/mol. The molecule has 0 unspecified atom stereocenters. The predicted octanol–water partition coefficient (Wildman–Crippen LogP) is 3.74. The van der Waals surface area contributed by atoms with E-state index in [2.05, 4.69) is 24.8 Å². The molecule has 2 heteroatoms. The summed E-state index contributed by atoms with van der Waals surface area (Å²) in [6.07, 6.45) is 7.21. The molecule has 0 saturated carbocycles. The highest BCUT2D eigenvalue weighted by molar-refractivity contribution is 5.69. The van der Waals surface area contributed by atoms with Gasteiger partial charge in [-0.1, -0.05) is 19.9 Å². The van der Waals surface area contributed by atoms with Crippen LogP contribution in [-0.2, 0) is 19.3 Å². The summed E-state index contributed by atoms with van der Waals surface area (Å²) in [6.45, 7) is 7.74. The fourth-order valence-corrected chi connectivity index (χ4v) is 3.54. The van der Waals surface area contributed by atoms with Crippen molar-refractivity contribution in [1.29, 1.82) is 0 Å². The summed E-state index contributed by atoms with van der Waals surface area (Å²) < 4.78 is 6.12. The van der Waals surface area contributed by atoms with E-state index in [9.17, 15) is 0 Å². The molecule has 104 valence electrons. The molecule has 19 heavy (non-hydrogen) atoms. The Balaban J connectivity index is 2.10. The van der Waals surface area contributed by atoms with Crippen LogP contribution in [0.25, 0.3) is 0 Å². The molecule has 0 fully saturated rings. The first-order valence-corrected chi connectivity index (χ1v) is 7.90. The second-order valence-corrected chi connectivity index (χ2v) is 5.75. The summed E-state index contributed by atoms with van der Waals surface area (Å²) in [5.41, 5.74) is 6.03. The fourth-order valence-electron chi connectivity index (χ4n) is 3.54. The maximum absolute atomic E-state index is 6.12. The maximum Gasteiger partial charge on any atom is 0.127 e. The maximum atomic E-state index is 6.12. The molecule has 0 spiro atoms. The van der Waals surface area contributed by atoms with Gasteiger partial charge in [0.2, 0.25) is 0 Å². The minimum atomic E-state index is 0.846.